The van der Waals surface area contributed by atoms with Gasteiger partial charge in [0.2, 0.25) is 0 Å². The maximum atomic E-state index is 13.3. The van der Waals surface area contributed by atoms with Crippen molar-refractivity contribution in [1.82, 2.24) is 10.2 Å². The first-order chi connectivity index (χ1) is 15.4. The highest BCUT2D eigenvalue weighted by molar-refractivity contribution is 7.92. The Labute approximate surface area is 190 Å². The molecule has 0 saturated carbocycles. The zero-order valence-corrected chi connectivity index (χ0v) is 19.3. The van der Waals surface area contributed by atoms with Crippen molar-refractivity contribution in [3.63, 3.8) is 0 Å². The van der Waals surface area contributed by atoms with Crippen molar-refractivity contribution in [1.29, 1.82) is 0 Å². The number of sulfonamides is 1. The summed E-state index contributed by atoms with van der Waals surface area (Å²) in [5.41, 5.74) is 0.444. The Morgan fingerprint density at radius 3 is 2.50 bits per heavy atom. The Morgan fingerprint density at radius 2 is 1.75 bits per heavy atom. The van der Waals surface area contributed by atoms with Gasteiger partial charge in [0.1, 0.15) is 5.75 Å². The molecule has 4 rings (SSSR count). The van der Waals surface area contributed by atoms with E-state index in [9.17, 15) is 13.2 Å². The second-order valence-electron chi connectivity index (χ2n) is 8.59. The number of carbonyl (C=O) groups excluding carboxylic acids is 1. The highest BCUT2D eigenvalue weighted by Gasteiger charge is 2.37. The molecule has 2 aromatic carbocycles. The lowest BCUT2D eigenvalue weighted by Crippen LogP contribution is -2.51. The molecule has 172 valence electrons. The van der Waals surface area contributed by atoms with Crippen LogP contribution < -0.4 is 14.4 Å². The predicted molar refractivity (Wildman–Crippen MR) is 124 cm³/mol. The van der Waals surface area contributed by atoms with E-state index in [1.54, 1.807) is 54.6 Å². The van der Waals surface area contributed by atoms with Crippen LogP contribution >= 0.6 is 0 Å². The van der Waals surface area contributed by atoms with Crippen molar-refractivity contribution in [3.05, 3.63) is 54.6 Å². The highest BCUT2D eigenvalue weighted by Crippen LogP contribution is 2.36. The van der Waals surface area contributed by atoms with Crippen molar-refractivity contribution in [2.45, 2.75) is 37.2 Å². The van der Waals surface area contributed by atoms with Gasteiger partial charge in [0, 0.05) is 6.54 Å². The van der Waals surface area contributed by atoms with Crippen LogP contribution in [0, 0.1) is 5.92 Å². The third-order valence-electron chi connectivity index (χ3n) is 6.19. The summed E-state index contributed by atoms with van der Waals surface area (Å²) in [4.78, 5) is 15.5. The molecule has 1 atom stereocenters. The quantitative estimate of drug-likeness (QED) is 0.647. The Kier molecular flexibility index (Phi) is 7.01. The van der Waals surface area contributed by atoms with Crippen molar-refractivity contribution in [2.75, 3.05) is 37.0 Å². The molecule has 1 saturated heterocycles. The van der Waals surface area contributed by atoms with Crippen LogP contribution in [-0.4, -0.2) is 58.1 Å². The van der Waals surface area contributed by atoms with E-state index in [2.05, 4.69) is 17.1 Å². The molecule has 2 aromatic rings. The van der Waals surface area contributed by atoms with Gasteiger partial charge in [-0.1, -0.05) is 37.3 Å². The van der Waals surface area contributed by atoms with Crippen molar-refractivity contribution in [2.24, 2.45) is 5.92 Å². The average Bonchev–Trinajstić information content (AvgIpc) is 2.82. The monoisotopic (exact) mass is 457 g/mol. The smallest absolute Gasteiger partial charge is 0.264 e. The number of benzene rings is 2. The molecule has 0 radical (unpaired) electrons. The van der Waals surface area contributed by atoms with E-state index in [4.69, 9.17) is 4.74 Å². The Balaban J connectivity index is 1.40. The van der Waals surface area contributed by atoms with Crippen LogP contribution in [0.4, 0.5) is 5.69 Å². The summed E-state index contributed by atoms with van der Waals surface area (Å²) >= 11 is 0. The van der Waals surface area contributed by atoms with Gasteiger partial charge in [-0.25, -0.2) is 8.42 Å². The molecule has 0 aromatic heterocycles. The number of nitrogens with zero attached hydrogens (tertiary/aromatic N) is 2. The molecule has 32 heavy (non-hydrogen) atoms. The number of likely N-dealkylation sites (tertiary alicyclic amines) is 1. The molecule has 2 aliphatic rings. The molecule has 1 N–H and O–H groups in total. The minimum absolute atomic E-state index is 0.0654. The molecule has 0 aliphatic carbocycles. The molecule has 0 unspecified atom stereocenters. The van der Waals surface area contributed by atoms with Crippen molar-refractivity contribution in [3.8, 4) is 5.75 Å². The average molecular weight is 458 g/mol. The molecule has 2 heterocycles. The third-order valence-corrected chi connectivity index (χ3v) is 7.98. The van der Waals surface area contributed by atoms with Crippen LogP contribution in [0.25, 0.3) is 0 Å². The van der Waals surface area contributed by atoms with Crippen molar-refractivity contribution < 1.29 is 17.9 Å². The fourth-order valence-electron chi connectivity index (χ4n) is 4.20. The Hall–Kier alpha value is -2.58. The van der Waals surface area contributed by atoms with E-state index >= 15 is 0 Å². The number of ether oxygens (including phenoxy) is 1. The lowest BCUT2D eigenvalue weighted by atomic mass is 9.99. The van der Waals surface area contributed by atoms with E-state index in [1.807, 2.05) is 0 Å². The predicted octanol–water partition coefficient (Wildman–Crippen LogP) is 2.88. The molecule has 2 aliphatic heterocycles. The number of amides is 1. The van der Waals surface area contributed by atoms with Crippen LogP contribution in [-0.2, 0) is 14.8 Å². The number of nitrogens with one attached hydrogen (secondary N) is 1. The zero-order chi connectivity index (χ0) is 22.6. The molecule has 7 nitrogen and oxygen atoms in total. The minimum Gasteiger partial charge on any atom is -0.476 e. The summed E-state index contributed by atoms with van der Waals surface area (Å²) in [5.74, 6) is 0.897. The summed E-state index contributed by atoms with van der Waals surface area (Å²) < 4.78 is 33.8. The van der Waals surface area contributed by atoms with E-state index < -0.39 is 16.1 Å². The first-order valence-corrected chi connectivity index (χ1v) is 12.7. The fraction of sp³-hybridized carbons (Fsp3) is 0.458. The van der Waals surface area contributed by atoms with E-state index in [-0.39, 0.29) is 17.3 Å². The van der Waals surface area contributed by atoms with Gasteiger partial charge in [-0.15, -0.1) is 0 Å². The third kappa shape index (κ3) is 5.07. The Bertz CT molecular complexity index is 1020. The maximum Gasteiger partial charge on any atom is 0.264 e. The van der Waals surface area contributed by atoms with Crippen LogP contribution in [0.2, 0.25) is 0 Å². The second kappa shape index (κ2) is 9.92. The molecular formula is C24H31N3O4S. The van der Waals surface area contributed by atoms with Gasteiger partial charge < -0.3 is 15.0 Å². The normalized spacial score (nSPS) is 19.8. The zero-order valence-electron chi connectivity index (χ0n) is 18.4. The van der Waals surface area contributed by atoms with Gasteiger partial charge in [0.15, 0.2) is 6.10 Å². The summed E-state index contributed by atoms with van der Waals surface area (Å²) in [6.45, 7) is 5.95. The summed E-state index contributed by atoms with van der Waals surface area (Å²) in [6, 6.07) is 15.2. The lowest BCUT2D eigenvalue weighted by Gasteiger charge is -2.34. The van der Waals surface area contributed by atoms with Gasteiger partial charge in [-0.05, 0) is 69.1 Å². The summed E-state index contributed by atoms with van der Waals surface area (Å²) in [7, 11) is -3.82. The standard InChI is InChI=1S/C24H31N3O4S/c1-19-12-16-26(17-13-19)15-7-14-25-24(28)23-18-27(21-10-5-6-11-22(21)31-23)32(29,30)20-8-3-2-4-9-20/h2-6,8-11,19,23H,7,12-18H2,1H3,(H,25,28)/t23-/m1/s1. The van der Waals surface area contributed by atoms with Gasteiger partial charge in [0.05, 0.1) is 17.1 Å². The number of hydrogen-bond donors (Lipinski definition) is 1. The molecule has 8 heteroatoms. The largest absolute Gasteiger partial charge is 0.476 e. The first-order valence-electron chi connectivity index (χ1n) is 11.3. The number of piperidine rings is 1. The first kappa shape index (κ1) is 22.6. The number of hydrogen-bond acceptors (Lipinski definition) is 5. The van der Waals surface area contributed by atoms with Gasteiger partial charge in [-0.3, -0.25) is 9.10 Å². The van der Waals surface area contributed by atoms with Gasteiger partial charge in [0.25, 0.3) is 15.9 Å². The molecule has 1 amide bonds. The van der Waals surface area contributed by atoms with Crippen LogP contribution in [0.15, 0.2) is 59.5 Å². The van der Waals surface area contributed by atoms with E-state index in [0.717, 1.165) is 32.0 Å². The Morgan fingerprint density at radius 1 is 1.06 bits per heavy atom. The SMILES string of the molecule is CC1CCN(CCCNC(=O)[C@H]2CN(S(=O)(=O)c3ccccc3)c3ccccc3O2)CC1. The number of para-hydroxylation sites is 2. The molecular weight excluding hydrogens is 426 g/mol. The fourth-order valence-corrected chi connectivity index (χ4v) is 5.70. The summed E-state index contributed by atoms with van der Waals surface area (Å²) in [5, 5.41) is 2.93. The number of fused-ring (bicyclic) bond motifs is 1. The van der Waals surface area contributed by atoms with E-state index in [1.165, 1.54) is 17.1 Å². The number of anilines is 1. The molecule has 1 fully saturated rings. The maximum absolute atomic E-state index is 13.3. The van der Waals surface area contributed by atoms with Crippen LogP contribution in [0.5, 0.6) is 5.75 Å². The highest BCUT2D eigenvalue weighted by atomic mass is 32.2. The topological polar surface area (TPSA) is 79.0 Å². The number of rotatable bonds is 7. The molecule has 0 bridgehead atoms. The van der Waals surface area contributed by atoms with E-state index in [0.29, 0.717) is 18.0 Å². The lowest BCUT2D eigenvalue weighted by molar-refractivity contribution is -0.127. The second-order valence-corrected chi connectivity index (χ2v) is 10.5. The molecule has 0 spiro atoms. The summed E-state index contributed by atoms with van der Waals surface area (Å²) in [6.07, 6.45) is 2.41. The van der Waals surface area contributed by atoms with Crippen LogP contribution in [0.3, 0.4) is 0 Å². The number of carbonyl (C=O) groups is 1. The van der Waals surface area contributed by atoms with Gasteiger partial charge >= 0.3 is 0 Å². The van der Waals surface area contributed by atoms with Gasteiger partial charge in [-0.2, -0.15) is 0 Å². The minimum atomic E-state index is -3.82. The van der Waals surface area contributed by atoms with Crippen molar-refractivity contribution >= 4 is 21.6 Å². The van der Waals surface area contributed by atoms with Crippen LogP contribution in [0.1, 0.15) is 26.2 Å².